The molecule has 0 aliphatic heterocycles. The molecule has 0 aliphatic carbocycles. The molecule has 1 amide bonds. The first-order chi connectivity index (χ1) is 14.0. The van der Waals surface area contributed by atoms with E-state index < -0.39 is 11.6 Å². The van der Waals surface area contributed by atoms with E-state index in [1.165, 1.54) is 16.8 Å². The standard InChI is InChI=1S/C17H18F3N7O2S/c1-9-14(10(2)26(4)23-9)21-15(28)11(3)30-16-22-24-25-27(16)12-5-7-13(8-6-12)29-17(18,19)20/h5-8,11H,1-4H3,(H,21,28). The molecule has 13 heteroatoms. The summed E-state index contributed by atoms with van der Waals surface area (Å²) in [6, 6.07) is 5.08. The van der Waals surface area contributed by atoms with Crippen molar-refractivity contribution in [3.63, 3.8) is 0 Å². The number of benzene rings is 1. The number of thioether (sulfide) groups is 1. The van der Waals surface area contributed by atoms with Gasteiger partial charge in [-0.2, -0.15) is 9.78 Å². The van der Waals surface area contributed by atoms with Crippen LogP contribution in [0.5, 0.6) is 5.75 Å². The second kappa shape index (κ2) is 8.34. The number of aromatic nitrogens is 6. The molecule has 0 spiro atoms. The summed E-state index contributed by atoms with van der Waals surface area (Å²) in [4.78, 5) is 12.6. The molecular weight excluding hydrogens is 423 g/mol. The van der Waals surface area contributed by atoms with Crippen molar-refractivity contribution >= 4 is 23.4 Å². The molecule has 0 radical (unpaired) electrons. The average molecular weight is 441 g/mol. The van der Waals surface area contributed by atoms with E-state index >= 15 is 0 Å². The van der Waals surface area contributed by atoms with Gasteiger partial charge < -0.3 is 10.1 Å². The number of nitrogens with one attached hydrogen (secondary N) is 1. The minimum Gasteiger partial charge on any atom is -0.406 e. The number of tetrazole rings is 1. The molecule has 0 saturated heterocycles. The molecule has 1 unspecified atom stereocenters. The first-order valence-electron chi connectivity index (χ1n) is 8.67. The van der Waals surface area contributed by atoms with Crippen LogP contribution in [0.25, 0.3) is 5.69 Å². The number of nitrogens with zero attached hydrogens (tertiary/aromatic N) is 6. The molecule has 2 aromatic heterocycles. The molecule has 1 N–H and O–H groups in total. The van der Waals surface area contributed by atoms with Gasteiger partial charge in [-0.1, -0.05) is 11.8 Å². The van der Waals surface area contributed by atoms with Gasteiger partial charge in [0.05, 0.1) is 28.0 Å². The largest absolute Gasteiger partial charge is 0.573 e. The number of ether oxygens (including phenoxy) is 1. The summed E-state index contributed by atoms with van der Waals surface area (Å²) < 4.78 is 43.8. The first-order valence-corrected chi connectivity index (χ1v) is 9.55. The Morgan fingerprint density at radius 2 is 1.90 bits per heavy atom. The van der Waals surface area contributed by atoms with Gasteiger partial charge in [-0.05, 0) is 55.5 Å². The van der Waals surface area contributed by atoms with Crippen molar-refractivity contribution < 1.29 is 22.7 Å². The Hall–Kier alpha value is -3.09. The number of hydrogen-bond acceptors (Lipinski definition) is 7. The number of carbonyl (C=O) groups is 1. The predicted octanol–water partition coefficient (Wildman–Crippen LogP) is 3.03. The van der Waals surface area contributed by atoms with E-state index in [4.69, 9.17) is 0 Å². The highest BCUT2D eigenvalue weighted by molar-refractivity contribution is 8.00. The van der Waals surface area contributed by atoms with Crippen LogP contribution in [-0.2, 0) is 11.8 Å². The Balaban J connectivity index is 1.71. The third-order valence-corrected chi connectivity index (χ3v) is 5.20. The van der Waals surface area contributed by atoms with Gasteiger partial charge in [-0.25, -0.2) is 0 Å². The van der Waals surface area contributed by atoms with Crippen molar-refractivity contribution in [3.8, 4) is 11.4 Å². The van der Waals surface area contributed by atoms with Crippen molar-refractivity contribution in [2.45, 2.75) is 37.5 Å². The quantitative estimate of drug-likeness (QED) is 0.587. The molecule has 0 fully saturated rings. The fraction of sp³-hybridized carbons (Fsp3) is 0.353. The van der Waals surface area contributed by atoms with Gasteiger partial charge in [-0.3, -0.25) is 9.48 Å². The van der Waals surface area contributed by atoms with Crippen LogP contribution in [0.1, 0.15) is 18.3 Å². The Bertz CT molecular complexity index is 1050. The van der Waals surface area contributed by atoms with Gasteiger partial charge in [0.15, 0.2) is 0 Å². The summed E-state index contributed by atoms with van der Waals surface area (Å²) in [5.74, 6) is -0.619. The number of anilines is 1. The molecule has 1 atom stereocenters. The van der Waals surface area contributed by atoms with Crippen LogP contribution < -0.4 is 10.1 Å². The molecule has 160 valence electrons. The van der Waals surface area contributed by atoms with Gasteiger partial charge in [0.25, 0.3) is 0 Å². The van der Waals surface area contributed by atoms with E-state index in [9.17, 15) is 18.0 Å². The monoisotopic (exact) mass is 441 g/mol. The van der Waals surface area contributed by atoms with Crippen molar-refractivity contribution in [2.75, 3.05) is 5.32 Å². The number of rotatable bonds is 6. The molecule has 3 aromatic rings. The molecule has 0 bridgehead atoms. The van der Waals surface area contributed by atoms with Crippen LogP contribution in [0.4, 0.5) is 18.9 Å². The van der Waals surface area contributed by atoms with E-state index in [1.807, 2.05) is 6.92 Å². The Morgan fingerprint density at radius 3 is 2.47 bits per heavy atom. The maximum absolute atomic E-state index is 12.6. The number of halogens is 3. The van der Waals surface area contributed by atoms with Gasteiger partial charge >= 0.3 is 6.36 Å². The zero-order valence-corrected chi connectivity index (χ0v) is 17.2. The lowest BCUT2D eigenvalue weighted by molar-refractivity contribution is -0.274. The predicted molar refractivity (Wildman–Crippen MR) is 102 cm³/mol. The number of carbonyl (C=O) groups excluding carboxylic acids is 1. The summed E-state index contributed by atoms with van der Waals surface area (Å²) in [7, 11) is 1.79. The third-order valence-electron chi connectivity index (χ3n) is 4.16. The highest BCUT2D eigenvalue weighted by atomic mass is 32.2. The molecule has 9 nitrogen and oxygen atoms in total. The fourth-order valence-corrected chi connectivity index (χ4v) is 3.40. The van der Waals surface area contributed by atoms with E-state index in [0.717, 1.165) is 29.6 Å². The van der Waals surface area contributed by atoms with Crippen LogP contribution in [0, 0.1) is 13.8 Å². The van der Waals surface area contributed by atoms with E-state index in [1.54, 1.807) is 25.6 Å². The fourth-order valence-electron chi connectivity index (χ4n) is 2.59. The highest BCUT2D eigenvalue weighted by Crippen LogP contribution is 2.27. The topological polar surface area (TPSA) is 99.8 Å². The lowest BCUT2D eigenvalue weighted by Gasteiger charge is -2.12. The minimum atomic E-state index is -4.77. The van der Waals surface area contributed by atoms with Crippen LogP contribution in [0.2, 0.25) is 0 Å². The van der Waals surface area contributed by atoms with Gasteiger partial charge in [0.1, 0.15) is 5.75 Å². The summed E-state index contributed by atoms with van der Waals surface area (Å²) in [6.45, 7) is 5.34. The molecule has 0 saturated carbocycles. The Morgan fingerprint density at radius 1 is 1.23 bits per heavy atom. The van der Waals surface area contributed by atoms with Gasteiger partial charge in [0, 0.05) is 7.05 Å². The van der Waals surface area contributed by atoms with Crippen molar-refractivity contribution in [1.82, 2.24) is 30.0 Å². The zero-order chi connectivity index (χ0) is 22.1. The number of hydrogen-bond donors (Lipinski definition) is 1. The molecular formula is C17H18F3N7O2S. The number of alkyl halides is 3. The normalized spacial score (nSPS) is 12.6. The van der Waals surface area contributed by atoms with Crippen LogP contribution in [0.3, 0.4) is 0 Å². The van der Waals surface area contributed by atoms with Gasteiger partial charge in [-0.15, -0.1) is 18.3 Å². The van der Waals surface area contributed by atoms with Crippen LogP contribution in [-0.4, -0.2) is 47.5 Å². The summed E-state index contributed by atoms with van der Waals surface area (Å²) >= 11 is 1.11. The minimum absolute atomic E-state index is 0.261. The highest BCUT2D eigenvalue weighted by Gasteiger charge is 2.31. The zero-order valence-electron chi connectivity index (χ0n) is 16.4. The molecule has 1 aromatic carbocycles. The summed E-state index contributed by atoms with van der Waals surface area (Å²) in [6.07, 6.45) is -4.77. The van der Waals surface area contributed by atoms with Gasteiger partial charge in [0.2, 0.25) is 11.1 Å². The van der Waals surface area contributed by atoms with Crippen LogP contribution in [0.15, 0.2) is 29.4 Å². The maximum Gasteiger partial charge on any atom is 0.573 e. The Labute approximate surface area is 173 Å². The summed E-state index contributed by atoms with van der Waals surface area (Å²) in [5, 5.41) is 18.2. The molecule has 3 rings (SSSR count). The van der Waals surface area contributed by atoms with E-state index in [2.05, 4.69) is 30.7 Å². The number of amides is 1. The Kier molecular flexibility index (Phi) is 6.01. The third kappa shape index (κ3) is 4.90. The van der Waals surface area contributed by atoms with Crippen molar-refractivity contribution in [2.24, 2.45) is 7.05 Å². The second-order valence-corrected chi connectivity index (χ2v) is 7.64. The van der Waals surface area contributed by atoms with Crippen LogP contribution >= 0.6 is 11.8 Å². The number of aryl methyl sites for hydroxylation is 2. The van der Waals surface area contributed by atoms with Crippen molar-refractivity contribution in [1.29, 1.82) is 0 Å². The molecule has 0 aliphatic rings. The SMILES string of the molecule is Cc1nn(C)c(C)c1NC(=O)C(C)Sc1nnnn1-c1ccc(OC(F)(F)F)cc1. The average Bonchev–Trinajstić information content (AvgIpc) is 3.21. The maximum atomic E-state index is 12.6. The lowest BCUT2D eigenvalue weighted by Crippen LogP contribution is -2.23. The molecule has 30 heavy (non-hydrogen) atoms. The molecule has 2 heterocycles. The lowest BCUT2D eigenvalue weighted by atomic mass is 10.3. The van der Waals surface area contributed by atoms with E-state index in [-0.39, 0.29) is 11.7 Å². The second-order valence-electron chi connectivity index (χ2n) is 6.33. The van der Waals surface area contributed by atoms with Crippen molar-refractivity contribution in [3.05, 3.63) is 35.7 Å². The smallest absolute Gasteiger partial charge is 0.406 e. The first kappa shape index (κ1) is 21.6. The summed E-state index contributed by atoms with van der Waals surface area (Å²) in [5.41, 5.74) is 2.59. The van der Waals surface area contributed by atoms with E-state index in [0.29, 0.717) is 22.2 Å².